The van der Waals surface area contributed by atoms with E-state index in [9.17, 15) is 22.4 Å². The minimum Gasteiger partial charge on any atom is -0.488 e. The fraction of sp³-hybridized carbons (Fsp3) is 0.441. The van der Waals surface area contributed by atoms with Crippen LogP contribution in [0.25, 0.3) is 22.0 Å². The van der Waals surface area contributed by atoms with E-state index in [1.807, 2.05) is 37.8 Å². The van der Waals surface area contributed by atoms with Crippen molar-refractivity contribution in [3.05, 3.63) is 72.3 Å². The van der Waals surface area contributed by atoms with Crippen molar-refractivity contribution in [2.45, 2.75) is 89.3 Å². The number of nitrogens with zero attached hydrogens (tertiary/aromatic N) is 5. The van der Waals surface area contributed by atoms with E-state index >= 15 is 0 Å². The number of carbonyl (C=O) groups excluding carboxylic acids is 1. The molecule has 6 rings (SSSR count). The van der Waals surface area contributed by atoms with E-state index in [2.05, 4.69) is 25.3 Å². The monoisotopic (exact) mass is 652 g/mol. The van der Waals surface area contributed by atoms with Crippen LogP contribution < -0.4 is 10.1 Å². The standard InChI is InChI=1S/C34H36F4N6O3/c1-20(23-17-39-30(40-18-23)34(36,37)38)43-29-26-14-22(21-6-8-24(35)9-7-21)15-27(28(26)41-19-42-29)46-25-10-13-44(31(45)47-32(2,3)4)33(16-25)11-5-12-33/h6-9,14-15,17-20,25H,5,10-13,16H2,1-4H3,(H,41,42,43)/t20-,25?/m1/s1. The zero-order valence-electron chi connectivity index (χ0n) is 26.6. The van der Waals surface area contributed by atoms with Crippen LogP contribution in [0.5, 0.6) is 5.75 Å². The number of hydrogen-bond donors (Lipinski definition) is 1. The van der Waals surface area contributed by atoms with Gasteiger partial charge >= 0.3 is 12.3 Å². The molecule has 1 amide bonds. The molecule has 9 nitrogen and oxygen atoms in total. The molecule has 248 valence electrons. The molecule has 47 heavy (non-hydrogen) atoms. The highest BCUT2D eigenvalue weighted by molar-refractivity contribution is 5.96. The quantitative estimate of drug-likeness (QED) is 0.209. The van der Waals surface area contributed by atoms with E-state index < -0.39 is 23.6 Å². The van der Waals surface area contributed by atoms with Crippen molar-refractivity contribution < 1.29 is 31.8 Å². The Kier molecular flexibility index (Phi) is 8.43. The number of halogens is 4. The van der Waals surface area contributed by atoms with Crippen LogP contribution in [0.2, 0.25) is 0 Å². The first kappa shape index (κ1) is 32.4. The zero-order chi connectivity index (χ0) is 33.6. The van der Waals surface area contributed by atoms with Gasteiger partial charge in [-0.2, -0.15) is 13.2 Å². The van der Waals surface area contributed by atoms with Gasteiger partial charge in [0.1, 0.15) is 40.9 Å². The van der Waals surface area contributed by atoms with Crippen LogP contribution in [0, 0.1) is 5.82 Å². The Labute approximate surface area is 269 Å². The molecule has 1 aliphatic heterocycles. The number of carbonyl (C=O) groups is 1. The molecule has 1 spiro atoms. The average molecular weight is 653 g/mol. The van der Waals surface area contributed by atoms with E-state index in [1.165, 1.54) is 18.5 Å². The van der Waals surface area contributed by atoms with E-state index in [0.717, 1.165) is 42.8 Å². The van der Waals surface area contributed by atoms with Crippen molar-refractivity contribution in [2.75, 3.05) is 11.9 Å². The molecule has 2 aliphatic rings. The summed E-state index contributed by atoms with van der Waals surface area (Å²) < 4.78 is 65.3. The lowest BCUT2D eigenvalue weighted by molar-refractivity contribution is -0.145. The maximum atomic E-state index is 13.8. The summed E-state index contributed by atoms with van der Waals surface area (Å²) in [4.78, 5) is 31.0. The van der Waals surface area contributed by atoms with E-state index in [4.69, 9.17) is 9.47 Å². The van der Waals surface area contributed by atoms with E-state index in [-0.39, 0.29) is 23.6 Å². The highest BCUT2D eigenvalue weighted by Crippen LogP contribution is 2.46. The first-order valence-electron chi connectivity index (χ1n) is 15.6. The molecular formula is C34H36F4N6O3. The molecule has 13 heteroatoms. The van der Waals surface area contributed by atoms with Gasteiger partial charge in [-0.1, -0.05) is 12.1 Å². The van der Waals surface area contributed by atoms with Crippen LogP contribution in [-0.2, 0) is 10.9 Å². The Morgan fingerprint density at radius 3 is 2.34 bits per heavy atom. The van der Waals surface area contributed by atoms with Gasteiger partial charge < -0.3 is 19.7 Å². The number of hydrogen-bond acceptors (Lipinski definition) is 8. The lowest BCUT2D eigenvalue weighted by atomic mass is 9.69. The number of amides is 1. The van der Waals surface area contributed by atoms with Gasteiger partial charge in [0.25, 0.3) is 0 Å². The Morgan fingerprint density at radius 2 is 1.72 bits per heavy atom. The summed E-state index contributed by atoms with van der Waals surface area (Å²) in [7, 11) is 0. The minimum atomic E-state index is -4.64. The van der Waals surface area contributed by atoms with Gasteiger partial charge in [0.05, 0.1) is 6.04 Å². The number of fused-ring (bicyclic) bond motifs is 1. The smallest absolute Gasteiger partial charge is 0.451 e. The van der Waals surface area contributed by atoms with Crippen molar-refractivity contribution in [2.24, 2.45) is 0 Å². The summed E-state index contributed by atoms with van der Waals surface area (Å²) in [5.41, 5.74) is 1.50. The highest BCUT2D eigenvalue weighted by Gasteiger charge is 2.50. The summed E-state index contributed by atoms with van der Waals surface area (Å²) in [6.45, 7) is 7.82. The summed E-state index contributed by atoms with van der Waals surface area (Å²) in [6, 6.07) is 9.31. The van der Waals surface area contributed by atoms with Gasteiger partial charge in [0.15, 0.2) is 0 Å². The van der Waals surface area contributed by atoms with Crippen LogP contribution in [-0.4, -0.2) is 54.7 Å². The fourth-order valence-electron chi connectivity index (χ4n) is 6.23. The van der Waals surface area contributed by atoms with Crippen molar-refractivity contribution >= 4 is 22.8 Å². The number of nitrogens with one attached hydrogen (secondary N) is 1. The predicted molar refractivity (Wildman–Crippen MR) is 167 cm³/mol. The fourth-order valence-corrected chi connectivity index (χ4v) is 6.23. The highest BCUT2D eigenvalue weighted by atomic mass is 19.4. The van der Waals surface area contributed by atoms with Gasteiger partial charge in [-0.3, -0.25) is 0 Å². The number of benzene rings is 2. The SMILES string of the molecule is C[C@@H](Nc1ncnc2c(OC3CCN(C(=O)OC(C)(C)C)C4(CCC4)C3)cc(-c3ccc(F)cc3)cc12)c1cnc(C(F)(F)F)nc1. The van der Waals surface area contributed by atoms with Crippen LogP contribution in [0.3, 0.4) is 0 Å². The second-order valence-corrected chi connectivity index (χ2v) is 13.2. The molecule has 1 unspecified atom stereocenters. The molecule has 4 aromatic rings. The summed E-state index contributed by atoms with van der Waals surface area (Å²) in [6.07, 6.45) is 2.46. The Hall–Kier alpha value is -4.55. The molecule has 0 radical (unpaired) electrons. The number of anilines is 1. The largest absolute Gasteiger partial charge is 0.488 e. The molecule has 1 saturated heterocycles. The Balaban J connectivity index is 1.32. The molecule has 2 aromatic heterocycles. The summed E-state index contributed by atoms with van der Waals surface area (Å²) in [5, 5.41) is 3.87. The average Bonchev–Trinajstić information content (AvgIpc) is 2.99. The number of piperidine rings is 1. The van der Waals surface area contributed by atoms with Gasteiger partial charge in [0, 0.05) is 48.3 Å². The maximum absolute atomic E-state index is 13.8. The Bertz CT molecular complexity index is 1760. The second-order valence-electron chi connectivity index (χ2n) is 13.2. The van der Waals surface area contributed by atoms with Crippen molar-refractivity contribution in [1.29, 1.82) is 0 Å². The van der Waals surface area contributed by atoms with Gasteiger partial charge in [-0.15, -0.1) is 0 Å². The van der Waals surface area contributed by atoms with Crippen molar-refractivity contribution in [3.8, 4) is 16.9 Å². The van der Waals surface area contributed by atoms with E-state index in [0.29, 0.717) is 47.4 Å². The molecule has 3 heterocycles. The van der Waals surface area contributed by atoms with Gasteiger partial charge in [-0.25, -0.2) is 29.1 Å². The molecule has 2 fully saturated rings. The van der Waals surface area contributed by atoms with Crippen molar-refractivity contribution in [3.63, 3.8) is 0 Å². The predicted octanol–water partition coefficient (Wildman–Crippen LogP) is 8.12. The minimum absolute atomic E-state index is 0.213. The molecule has 1 saturated carbocycles. The first-order valence-corrected chi connectivity index (χ1v) is 15.6. The van der Waals surface area contributed by atoms with E-state index in [1.54, 1.807) is 19.1 Å². The van der Waals surface area contributed by atoms with Crippen molar-refractivity contribution in [1.82, 2.24) is 24.8 Å². The maximum Gasteiger partial charge on any atom is 0.451 e. The number of likely N-dealkylation sites (tertiary alicyclic amines) is 1. The van der Waals surface area contributed by atoms with Crippen LogP contribution in [0.1, 0.15) is 77.2 Å². The lowest BCUT2D eigenvalue weighted by Crippen LogP contribution is -2.62. The lowest BCUT2D eigenvalue weighted by Gasteiger charge is -2.54. The zero-order valence-corrected chi connectivity index (χ0v) is 26.6. The normalized spacial score (nSPS) is 18.5. The molecule has 2 atom stereocenters. The second kappa shape index (κ2) is 12.2. The summed E-state index contributed by atoms with van der Waals surface area (Å²) in [5.74, 6) is -0.659. The van der Waals surface area contributed by atoms with Gasteiger partial charge in [-0.05, 0) is 82.3 Å². The number of alkyl halides is 3. The molecule has 1 N–H and O–H groups in total. The topological polar surface area (TPSA) is 102 Å². The number of aromatic nitrogens is 4. The number of ether oxygens (including phenoxy) is 2. The summed E-state index contributed by atoms with van der Waals surface area (Å²) >= 11 is 0. The van der Waals surface area contributed by atoms with Crippen LogP contribution in [0.15, 0.2) is 55.1 Å². The van der Waals surface area contributed by atoms with Crippen LogP contribution in [0.4, 0.5) is 28.2 Å². The third-order valence-electron chi connectivity index (χ3n) is 8.71. The molecule has 2 aromatic carbocycles. The van der Waals surface area contributed by atoms with Crippen LogP contribution >= 0.6 is 0 Å². The number of rotatable bonds is 6. The molecule has 0 bridgehead atoms. The first-order chi connectivity index (χ1) is 22.2. The third-order valence-corrected chi connectivity index (χ3v) is 8.71. The van der Waals surface area contributed by atoms with Gasteiger partial charge in [0.2, 0.25) is 5.82 Å². The molecule has 1 aliphatic carbocycles. The Morgan fingerprint density at radius 1 is 1.02 bits per heavy atom. The molecular weight excluding hydrogens is 616 g/mol. The third kappa shape index (κ3) is 6.93.